The van der Waals surface area contributed by atoms with Gasteiger partial charge in [0.1, 0.15) is 5.75 Å². The van der Waals surface area contributed by atoms with E-state index in [-0.39, 0.29) is 11.2 Å². The van der Waals surface area contributed by atoms with Crippen molar-refractivity contribution in [2.24, 2.45) is 0 Å². The van der Waals surface area contributed by atoms with Gasteiger partial charge < -0.3 is 10.1 Å². The summed E-state index contributed by atoms with van der Waals surface area (Å²) in [6.45, 7) is 4.31. The van der Waals surface area contributed by atoms with Crippen LogP contribution in [0, 0.1) is 6.92 Å². The molecule has 0 aliphatic heterocycles. The van der Waals surface area contributed by atoms with Gasteiger partial charge in [0.2, 0.25) is 5.91 Å². The molecule has 1 amide bonds. The fourth-order valence-electron chi connectivity index (χ4n) is 2.71. The first-order valence-electron chi connectivity index (χ1n) is 8.85. The summed E-state index contributed by atoms with van der Waals surface area (Å²) < 4.78 is 7.10. The Bertz CT molecular complexity index is 957. The monoisotopic (exact) mass is 415 g/mol. The predicted molar refractivity (Wildman–Crippen MR) is 113 cm³/mol. The van der Waals surface area contributed by atoms with Crippen molar-refractivity contribution in [2.45, 2.75) is 30.8 Å². The molecule has 1 N–H and O–H groups in total. The van der Waals surface area contributed by atoms with Crippen LogP contribution in [0.4, 0.5) is 0 Å². The van der Waals surface area contributed by atoms with Crippen LogP contribution in [-0.4, -0.2) is 27.8 Å². The molecule has 28 heavy (non-hydrogen) atoms. The van der Waals surface area contributed by atoms with Crippen LogP contribution in [0.1, 0.15) is 18.1 Å². The van der Waals surface area contributed by atoms with Gasteiger partial charge in [-0.3, -0.25) is 9.36 Å². The van der Waals surface area contributed by atoms with Gasteiger partial charge in [0, 0.05) is 24.0 Å². The highest BCUT2D eigenvalue weighted by atomic mass is 35.5. The van der Waals surface area contributed by atoms with Gasteiger partial charge in [0.15, 0.2) is 5.16 Å². The van der Waals surface area contributed by atoms with Crippen molar-refractivity contribution in [3.63, 3.8) is 0 Å². The molecular weight excluding hydrogens is 394 g/mol. The first-order chi connectivity index (χ1) is 13.5. The average Bonchev–Trinajstić information content (AvgIpc) is 3.16. The van der Waals surface area contributed by atoms with Crippen molar-refractivity contribution in [2.75, 3.05) is 7.11 Å². The average molecular weight is 416 g/mol. The number of amides is 1. The summed E-state index contributed by atoms with van der Waals surface area (Å²) in [6, 6.07) is 13.4. The Morgan fingerprint density at radius 3 is 2.75 bits per heavy atom. The van der Waals surface area contributed by atoms with E-state index < -0.39 is 0 Å². The van der Waals surface area contributed by atoms with E-state index >= 15 is 0 Å². The number of imidazole rings is 1. The lowest BCUT2D eigenvalue weighted by molar-refractivity contribution is -0.120. The van der Waals surface area contributed by atoms with Crippen LogP contribution >= 0.6 is 23.4 Å². The third-order valence-electron chi connectivity index (χ3n) is 4.38. The van der Waals surface area contributed by atoms with Gasteiger partial charge in [-0.15, -0.1) is 0 Å². The van der Waals surface area contributed by atoms with Crippen LogP contribution in [0.2, 0.25) is 5.02 Å². The largest absolute Gasteiger partial charge is 0.497 e. The number of hydrogen-bond donors (Lipinski definition) is 1. The highest BCUT2D eigenvalue weighted by Crippen LogP contribution is 2.28. The summed E-state index contributed by atoms with van der Waals surface area (Å²) in [5.74, 6) is 0.750. The third-order valence-corrected chi connectivity index (χ3v) is 5.87. The third kappa shape index (κ3) is 4.69. The normalized spacial score (nSPS) is 11.9. The summed E-state index contributed by atoms with van der Waals surface area (Å²) in [7, 11) is 1.63. The van der Waals surface area contributed by atoms with Gasteiger partial charge >= 0.3 is 0 Å². The Hall–Kier alpha value is -2.44. The van der Waals surface area contributed by atoms with Gasteiger partial charge in [0.25, 0.3) is 0 Å². The van der Waals surface area contributed by atoms with Crippen LogP contribution in [0.3, 0.4) is 0 Å². The van der Waals surface area contributed by atoms with Gasteiger partial charge in [-0.2, -0.15) is 0 Å². The highest BCUT2D eigenvalue weighted by molar-refractivity contribution is 8.00. The molecule has 1 atom stereocenters. The van der Waals surface area contributed by atoms with Crippen LogP contribution < -0.4 is 10.1 Å². The lowest BCUT2D eigenvalue weighted by Crippen LogP contribution is -2.30. The zero-order valence-electron chi connectivity index (χ0n) is 16.0. The Labute approximate surface area is 174 Å². The second-order valence-electron chi connectivity index (χ2n) is 6.29. The summed E-state index contributed by atoms with van der Waals surface area (Å²) in [4.78, 5) is 16.9. The quantitative estimate of drug-likeness (QED) is 0.571. The van der Waals surface area contributed by atoms with E-state index in [0.717, 1.165) is 27.7 Å². The fourth-order valence-corrected chi connectivity index (χ4v) is 3.78. The number of benzene rings is 2. The van der Waals surface area contributed by atoms with Crippen molar-refractivity contribution in [3.8, 4) is 11.4 Å². The molecule has 146 valence electrons. The van der Waals surface area contributed by atoms with E-state index in [1.807, 2.05) is 67.1 Å². The number of halogens is 1. The molecule has 1 heterocycles. The predicted octanol–water partition coefficient (Wildman–Crippen LogP) is 4.64. The number of rotatable bonds is 7. The van der Waals surface area contributed by atoms with Crippen molar-refractivity contribution >= 4 is 29.3 Å². The SMILES string of the molecule is COc1ccc(CNC(=O)C(C)Sc2nccn2-c2cccc(Cl)c2C)cc1. The first kappa shape index (κ1) is 20.3. The number of thioether (sulfide) groups is 1. The van der Waals surface area contributed by atoms with Gasteiger partial charge in [0.05, 0.1) is 18.0 Å². The lowest BCUT2D eigenvalue weighted by atomic mass is 10.2. The first-order valence-corrected chi connectivity index (χ1v) is 10.1. The summed E-state index contributed by atoms with van der Waals surface area (Å²) in [5.41, 5.74) is 2.95. The van der Waals surface area contributed by atoms with E-state index in [4.69, 9.17) is 16.3 Å². The summed E-state index contributed by atoms with van der Waals surface area (Å²) in [5, 5.41) is 4.13. The molecule has 1 aromatic heterocycles. The lowest BCUT2D eigenvalue weighted by Gasteiger charge is -2.15. The van der Waals surface area contributed by atoms with Crippen LogP contribution in [0.5, 0.6) is 5.75 Å². The zero-order chi connectivity index (χ0) is 20.1. The highest BCUT2D eigenvalue weighted by Gasteiger charge is 2.18. The Morgan fingerprint density at radius 2 is 2.04 bits per heavy atom. The van der Waals surface area contributed by atoms with Gasteiger partial charge in [-0.1, -0.05) is 41.6 Å². The minimum atomic E-state index is -0.293. The molecule has 2 aromatic carbocycles. The molecule has 0 aliphatic rings. The van der Waals surface area contributed by atoms with Gasteiger partial charge in [-0.05, 0) is 49.2 Å². The molecule has 3 aromatic rings. The molecule has 0 bridgehead atoms. The minimum absolute atomic E-state index is 0.0433. The van der Waals surface area contributed by atoms with Crippen molar-refractivity contribution in [1.82, 2.24) is 14.9 Å². The molecule has 0 radical (unpaired) electrons. The van der Waals surface area contributed by atoms with E-state index in [9.17, 15) is 4.79 Å². The Morgan fingerprint density at radius 1 is 1.29 bits per heavy atom. The zero-order valence-corrected chi connectivity index (χ0v) is 17.6. The molecular formula is C21H22ClN3O2S. The summed E-state index contributed by atoms with van der Waals surface area (Å²) in [6.07, 6.45) is 3.60. The van der Waals surface area contributed by atoms with E-state index in [1.165, 1.54) is 11.8 Å². The molecule has 1 unspecified atom stereocenters. The molecule has 0 spiro atoms. The number of methoxy groups -OCH3 is 1. The number of hydrogen-bond acceptors (Lipinski definition) is 4. The number of aromatic nitrogens is 2. The topological polar surface area (TPSA) is 56.1 Å². The van der Waals surface area contributed by atoms with Crippen molar-refractivity contribution in [1.29, 1.82) is 0 Å². The maximum atomic E-state index is 12.5. The van der Waals surface area contributed by atoms with E-state index in [0.29, 0.717) is 11.6 Å². The molecule has 0 aliphatic carbocycles. The molecule has 0 saturated heterocycles. The van der Waals surface area contributed by atoms with E-state index in [1.54, 1.807) is 13.3 Å². The number of ether oxygens (including phenoxy) is 1. The molecule has 5 nitrogen and oxygen atoms in total. The second-order valence-corrected chi connectivity index (χ2v) is 8.00. The standard InChI is InChI=1S/C21H22ClN3O2S/c1-14-18(22)5-4-6-19(14)25-12-11-23-21(25)28-15(2)20(26)24-13-16-7-9-17(27-3)10-8-16/h4-12,15H,13H2,1-3H3,(H,24,26). The van der Waals surface area contributed by atoms with Crippen LogP contribution in [0.25, 0.3) is 5.69 Å². The molecule has 7 heteroatoms. The van der Waals surface area contributed by atoms with Crippen molar-refractivity contribution < 1.29 is 9.53 Å². The maximum Gasteiger partial charge on any atom is 0.233 e. The number of carbonyl (C=O) groups excluding carboxylic acids is 1. The summed E-state index contributed by atoms with van der Waals surface area (Å²) >= 11 is 7.66. The Balaban J connectivity index is 1.64. The van der Waals surface area contributed by atoms with Gasteiger partial charge in [-0.25, -0.2) is 4.98 Å². The molecule has 0 saturated carbocycles. The molecule has 3 rings (SSSR count). The second kappa shape index (κ2) is 9.17. The number of nitrogens with zero attached hydrogens (tertiary/aromatic N) is 2. The number of nitrogens with one attached hydrogen (secondary N) is 1. The number of carbonyl (C=O) groups is 1. The fraction of sp³-hybridized carbons (Fsp3) is 0.238. The smallest absolute Gasteiger partial charge is 0.233 e. The maximum absolute atomic E-state index is 12.5. The Kier molecular flexibility index (Phi) is 6.65. The van der Waals surface area contributed by atoms with Crippen LogP contribution in [0.15, 0.2) is 60.0 Å². The minimum Gasteiger partial charge on any atom is -0.497 e. The van der Waals surface area contributed by atoms with Crippen LogP contribution in [-0.2, 0) is 11.3 Å². The van der Waals surface area contributed by atoms with Crippen molar-refractivity contribution in [3.05, 3.63) is 71.0 Å². The molecule has 0 fully saturated rings. The van der Waals surface area contributed by atoms with E-state index in [2.05, 4.69) is 10.3 Å².